The summed E-state index contributed by atoms with van der Waals surface area (Å²) in [5.41, 5.74) is 1.95. The molecule has 0 saturated carbocycles. The molecule has 3 aromatic carbocycles. The fourth-order valence-corrected chi connectivity index (χ4v) is 3.66. The Bertz CT molecular complexity index is 1110. The van der Waals surface area contributed by atoms with E-state index >= 15 is 0 Å². The van der Waals surface area contributed by atoms with Crippen molar-refractivity contribution in [2.75, 3.05) is 5.01 Å². The summed E-state index contributed by atoms with van der Waals surface area (Å²) in [6.45, 7) is 1.85. The number of amides is 1. The van der Waals surface area contributed by atoms with Crippen LogP contribution in [0.1, 0.15) is 22.8 Å². The molecule has 0 aromatic heterocycles. The number of carbonyl (C=O) groups is 2. The molecule has 1 atom stereocenters. The van der Waals surface area contributed by atoms with E-state index in [-0.39, 0.29) is 11.7 Å². The summed E-state index contributed by atoms with van der Waals surface area (Å²) in [5, 5.41) is 6.02. The predicted molar refractivity (Wildman–Crippen MR) is 120 cm³/mol. The van der Waals surface area contributed by atoms with Gasteiger partial charge in [-0.3, -0.25) is 9.59 Å². The molecule has 0 radical (unpaired) electrons. The van der Waals surface area contributed by atoms with Gasteiger partial charge in [-0.25, -0.2) is 0 Å². The number of hydrazone groups is 1. The van der Waals surface area contributed by atoms with Gasteiger partial charge in [-0.2, -0.15) is 10.1 Å². The highest BCUT2D eigenvalue weighted by atomic mass is 16.2. The van der Waals surface area contributed by atoms with Gasteiger partial charge in [0, 0.05) is 5.56 Å². The molecular weight excluding hydrogens is 372 g/mol. The largest absolute Gasteiger partial charge is 0.289 e. The van der Waals surface area contributed by atoms with Crippen molar-refractivity contribution in [3.05, 3.63) is 114 Å². The molecule has 1 amide bonds. The molecule has 3 aromatic rings. The fourth-order valence-electron chi connectivity index (χ4n) is 3.66. The van der Waals surface area contributed by atoms with Gasteiger partial charge in [0.2, 0.25) is 0 Å². The van der Waals surface area contributed by atoms with Gasteiger partial charge >= 0.3 is 0 Å². The summed E-state index contributed by atoms with van der Waals surface area (Å²) >= 11 is 0. The molecule has 30 heavy (non-hydrogen) atoms. The average molecular weight is 394 g/mol. The normalized spacial score (nSPS) is 18.6. The Hall–Kier alpha value is -3.79. The first kappa shape index (κ1) is 19.5. The van der Waals surface area contributed by atoms with Crippen LogP contribution in [0.25, 0.3) is 0 Å². The summed E-state index contributed by atoms with van der Waals surface area (Å²) in [4.78, 5) is 26.3. The Morgan fingerprint density at radius 3 is 2.10 bits per heavy atom. The number of rotatable bonds is 6. The highest BCUT2D eigenvalue weighted by Gasteiger charge is 2.47. The Morgan fingerprint density at radius 1 is 0.900 bits per heavy atom. The third-order valence-corrected chi connectivity index (χ3v) is 5.37. The van der Waals surface area contributed by atoms with Gasteiger partial charge in [0.1, 0.15) is 5.41 Å². The van der Waals surface area contributed by atoms with Gasteiger partial charge < -0.3 is 0 Å². The molecule has 4 heteroatoms. The summed E-state index contributed by atoms with van der Waals surface area (Å²) < 4.78 is 0. The minimum Gasteiger partial charge on any atom is -0.289 e. The van der Waals surface area contributed by atoms with Crippen molar-refractivity contribution in [1.29, 1.82) is 0 Å². The minimum absolute atomic E-state index is 0.137. The quantitative estimate of drug-likeness (QED) is 0.433. The number of hydrogen-bond acceptors (Lipinski definition) is 3. The van der Waals surface area contributed by atoms with E-state index in [0.29, 0.717) is 23.4 Å². The maximum absolute atomic E-state index is 13.6. The van der Waals surface area contributed by atoms with Crippen molar-refractivity contribution in [1.82, 2.24) is 0 Å². The first-order chi connectivity index (χ1) is 14.6. The molecule has 0 unspecified atom stereocenters. The second-order valence-electron chi connectivity index (χ2n) is 7.34. The van der Waals surface area contributed by atoms with Crippen LogP contribution < -0.4 is 5.01 Å². The van der Waals surface area contributed by atoms with E-state index in [1.54, 1.807) is 18.2 Å². The van der Waals surface area contributed by atoms with Crippen molar-refractivity contribution in [3.63, 3.8) is 0 Å². The number of ketones is 1. The zero-order valence-corrected chi connectivity index (χ0v) is 16.7. The van der Waals surface area contributed by atoms with Crippen molar-refractivity contribution in [2.45, 2.75) is 13.3 Å². The van der Waals surface area contributed by atoms with E-state index in [1.807, 2.05) is 85.8 Å². The van der Waals surface area contributed by atoms with Gasteiger partial charge in [-0.05, 0) is 37.1 Å². The van der Waals surface area contributed by atoms with E-state index in [1.165, 1.54) is 11.1 Å². The van der Waals surface area contributed by atoms with Crippen LogP contribution in [0.5, 0.6) is 0 Å². The number of nitrogens with zero attached hydrogens (tertiary/aromatic N) is 2. The lowest BCUT2D eigenvalue weighted by atomic mass is 9.77. The third-order valence-electron chi connectivity index (χ3n) is 5.37. The fraction of sp³-hybridized carbons (Fsp3) is 0.115. The van der Waals surface area contributed by atoms with Crippen LogP contribution in [0.3, 0.4) is 0 Å². The first-order valence-electron chi connectivity index (χ1n) is 9.88. The van der Waals surface area contributed by atoms with Gasteiger partial charge in [0.05, 0.1) is 11.4 Å². The Kier molecular flexibility index (Phi) is 5.40. The van der Waals surface area contributed by atoms with Crippen LogP contribution in [0.15, 0.2) is 108 Å². The number of hydrogen-bond donors (Lipinski definition) is 0. The summed E-state index contributed by atoms with van der Waals surface area (Å²) in [7, 11) is 0. The molecule has 1 aliphatic heterocycles. The molecule has 0 bridgehead atoms. The minimum atomic E-state index is -1.01. The SMILES string of the molecule is CC1=NN(c2ccccc2)C(=O)[C@@]1(/C=C\C(=O)c1ccccc1)Cc1ccccc1. The number of para-hydroxylation sites is 1. The maximum Gasteiger partial charge on any atom is 0.263 e. The summed E-state index contributed by atoms with van der Waals surface area (Å²) in [6, 6.07) is 28.2. The van der Waals surface area contributed by atoms with Gasteiger partial charge in [-0.15, -0.1) is 0 Å². The monoisotopic (exact) mass is 394 g/mol. The number of anilines is 1. The molecule has 1 heterocycles. The number of carbonyl (C=O) groups excluding carboxylic acids is 2. The van der Waals surface area contributed by atoms with Crippen LogP contribution in [0.4, 0.5) is 5.69 Å². The van der Waals surface area contributed by atoms with E-state index in [2.05, 4.69) is 5.10 Å². The lowest BCUT2D eigenvalue weighted by Crippen LogP contribution is -2.39. The topological polar surface area (TPSA) is 49.7 Å². The van der Waals surface area contributed by atoms with E-state index in [0.717, 1.165) is 5.56 Å². The van der Waals surface area contributed by atoms with E-state index in [9.17, 15) is 9.59 Å². The number of benzene rings is 3. The van der Waals surface area contributed by atoms with Crippen molar-refractivity contribution in [3.8, 4) is 0 Å². The Balaban J connectivity index is 1.73. The molecule has 0 fully saturated rings. The first-order valence-corrected chi connectivity index (χ1v) is 9.88. The molecule has 0 aliphatic carbocycles. The standard InChI is InChI=1S/C26H22N2O2/c1-20-26(19-21-11-5-2-6-12-21,18-17-24(29)22-13-7-3-8-14-22)25(30)28(27-20)23-15-9-4-10-16-23/h2-18H,19H2,1H3/b18-17-/t26-/m0/s1. The van der Waals surface area contributed by atoms with E-state index in [4.69, 9.17) is 0 Å². The van der Waals surface area contributed by atoms with Gasteiger partial charge in [-0.1, -0.05) is 84.9 Å². The predicted octanol–water partition coefficient (Wildman–Crippen LogP) is 5.08. The lowest BCUT2D eigenvalue weighted by Gasteiger charge is -2.25. The van der Waals surface area contributed by atoms with Crippen LogP contribution in [-0.4, -0.2) is 17.4 Å². The zero-order valence-electron chi connectivity index (χ0n) is 16.7. The van der Waals surface area contributed by atoms with Gasteiger partial charge in [0.15, 0.2) is 5.78 Å². The second kappa shape index (κ2) is 8.29. The highest BCUT2D eigenvalue weighted by molar-refractivity contribution is 6.21. The lowest BCUT2D eigenvalue weighted by molar-refractivity contribution is -0.122. The molecular formula is C26H22N2O2. The van der Waals surface area contributed by atoms with Crippen LogP contribution >= 0.6 is 0 Å². The molecule has 0 spiro atoms. The van der Waals surface area contributed by atoms with Crippen molar-refractivity contribution >= 4 is 23.1 Å². The molecule has 4 rings (SSSR count). The molecule has 148 valence electrons. The molecule has 1 aliphatic rings. The molecule has 0 N–H and O–H groups in total. The maximum atomic E-state index is 13.6. The summed E-state index contributed by atoms with van der Waals surface area (Å²) in [6.07, 6.45) is 3.66. The molecule has 0 saturated heterocycles. The van der Waals surface area contributed by atoms with Crippen LogP contribution in [0, 0.1) is 5.41 Å². The average Bonchev–Trinajstić information content (AvgIpc) is 3.04. The zero-order chi connectivity index (χ0) is 21.0. The summed E-state index contributed by atoms with van der Waals surface area (Å²) in [5.74, 6) is -0.297. The third kappa shape index (κ3) is 3.72. The highest BCUT2D eigenvalue weighted by Crippen LogP contribution is 2.37. The van der Waals surface area contributed by atoms with Crippen molar-refractivity contribution in [2.24, 2.45) is 10.5 Å². The van der Waals surface area contributed by atoms with Crippen molar-refractivity contribution < 1.29 is 9.59 Å². The smallest absolute Gasteiger partial charge is 0.263 e. The second-order valence-corrected chi connectivity index (χ2v) is 7.34. The van der Waals surface area contributed by atoms with Crippen LogP contribution in [0.2, 0.25) is 0 Å². The Morgan fingerprint density at radius 2 is 1.47 bits per heavy atom. The Labute approximate surface area is 176 Å². The molecule has 4 nitrogen and oxygen atoms in total. The van der Waals surface area contributed by atoms with Crippen LogP contribution in [-0.2, 0) is 11.2 Å². The number of allylic oxidation sites excluding steroid dienone is 1. The van der Waals surface area contributed by atoms with E-state index < -0.39 is 5.41 Å². The van der Waals surface area contributed by atoms with Gasteiger partial charge in [0.25, 0.3) is 5.91 Å².